The number of amides is 1. The van der Waals surface area contributed by atoms with E-state index in [1.54, 1.807) is 20.9 Å². The Morgan fingerprint density at radius 1 is 1.69 bits per heavy atom. The first-order chi connectivity index (χ1) is 6.07. The standard InChI is InChI=1S/C8H14N2O3/c1-4-13-8(12)6-5(2)9-10(3)7(6)11/h5-6,9H,4H2,1-3H3. The fraction of sp³-hybridized carbons (Fsp3) is 0.750. The molecule has 5 heteroatoms. The van der Waals surface area contributed by atoms with Crippen LogP contribution in [0.15, 0.2) is 0 Å². The van der Waals surface area contributed by atoms with Gasteiger partial charge in [0.25, 0.3) is 5.91 Å². The number of carbonyl (C=O) groups is 2. The predicted octanol–water partition coefficient (Wildman–Crippen LogP) is -0.469. The highest BCUT2D eigenvalue weighted by molar-refractivity contribution is 5.99. The molecule has 1 rings (SSSR count). The molecule has 1 aliphatic heterocycles. The van der Waals surface area contributed by atoms with Crippen LogP contribution in [0.1, 0.15) is 13.8 Å². The molecule has 0 bridgehead atoms. The summed E-state index contributed by atoms with van der Waals surface area (Å²) >= 11 is 0. The second kappa shape index (κ2) is 3.74. The summed E-state index contributed by atoms with van der Waals surface area (Å²) in [5, 5.41) is 1.33. The molecule has 0 spiro atoms. The molecule has 0 aliphatic carbocycles. The van der Waals surface area contributed by atoms with E-state index in [1.807, 2.05) is 0 Å². The largest absolute Gasteiger partial charge is 0.465 e. The van der Waals surface area contributed by atoms with Crippen LogP contribution in [-0.4, -0.2) is 36.6 Å². The maximum atomic E-state index is 11.4. The highest BCUT2D eigenvalue weighted by atomic mass is 16.5. The van der Waals surface area contributed by atoms with Crippen molar-refractivity contribution in [1.29, 1.82) is 0 Å². The zero-order chi connectivity index (χ0) is 10.0. The van der Waals surface area contributed by atoms with E-state index in [0.717, 1.165) is 0 Å². The van der Waals surface area contributed by atoms with Crippen LogP contribution in [0.5, 0.6) is 0 Å². The normalized spacial score (nSPS) is 27.9. The minimum atomic E-state index is -0.690. The summed E-state index contributed by atoms with van der Waals surface area (Å²) in [7, 11) is 1.60. The maximum absolute atomic E-state index is 11.4. The van der Waals surface area contributed by atoms with Gasteiger partial charge in [-0.2, -0.15) is 0 Å². The molecule has 5 nitrogen and oxygen atoms in total. The molecule has 1 N–H and O–H groups in total. The number of nitrogens with one attached hydrogen (secondary N) is 1. The number of ether oxygens (including phenoxy) is 1. The molecule has 1 saturated heterocycles. The van der Waals surface area contributed by atoms with Gasteiger partial charge in [0.1, 0.15) is 0 Å². The summed E-state index contributed by atoms with van der Waals surface area (Å²) in [5.41, 5.74) is 2.84. The average Bonchev–Trinajstić information content (AvgIpc) is 2.27. The zero-order valence-corrected chi connectivity index (χ0v) is 8.03. The summed E-state index contributed by atoms with van der Waals surface area (Å²) in [6.07, 6.45) is 0. The van der Waals surface area contributed by atoms with E-state index >= 15 is 0 Å². The Kier molecular flexibility index (Phi) is 2.87. The summed E-state index contributed by atoms with van der Waals surface area (Å²) in [5.74, 6) is -1.37. The Bertz CT molecular complexity index is 229. The first-order valence-corrected chi connectivity index (χ1v) is 4.28. The molecular formula is C8H14N2O3. The van der Waals surface area contributed by atoms with Gasteiger partial charge in [-0.25, -0.2) is 5.43 Å². The minimum absolute atomic E-state index is 0.184. The Balaban J connectivity index is 2.68. The molecule has 2 atom stereocenters. The van der Waals surface area contributed by atoms with Crippen LogP contribution >= 0.6 is 0 Å². The highest BCUT2D eigenvalue weighted by Gasteiger charge is 2.41. The van der Waals surface area contributed by atoms with Crippen LogP contribution < -0.4 is 5.43 Å². The van der Waals surface area contributed by atoms with Gasteiger partial charge in [-0.3, -0.25) is 14.6 Å². The molecule has 0 aromatic rings. The molecule has 1 fully saturated rings. The fourth-order valence-electron chi connectivity index (χ4n) is 1.40. The Labute approximate surface area is 77.0 Å². The maximum Gasteiger partial charge on any atom is 0.320 e. The Morgan fingerprint density at radius 2 is 2.31 bits per heavy atom. The third-order valence-corrected chi connectivity index (χ3v) is 2.03. The summed E-state index contributed by atoms with van der Waals surface area (Å²) in [6, 6.07) is -0.184. The number of esters is 1. The second-order valence-electron chi connectivity index (χ2n) is 3.04. The van der Waals surface area contributed by atoms with E-state index < -0.39 is 11.9 Å². The van der Waals surface area contributed by atoms with E-state index in [9.17, 15) is 9.59 Å². The molecule has 0 radical (unpaired) electrons. The first-order valence-electron chi connectivity index (χ1n) is 4.28. The summed E-state index contributed by atoms with van der Waals surface area (Å²) in [6.45, 7) is 3.81. The van der Waals surface area contributed by atoms with Gasteiger partial charge in [-0.05, 0) is 13.8 Å². The van der Waals surface area contributed by atoms with Gasteiger partial charge < -0.3 is 4.74 Å². The van der Waals surface area contributed by atoms with Crippen LogP contribution in [0.2, 0.25) is 0 Å². The van der Waals surface area contributed by atoms with Crippen molar-refractivity contribution in [1.82, 2.24) is 10.4 Å². The van der Waals surface area contributed by atoms with Crippen molar-refractivity contribution in [3.63, 3.8) is 0 Å². The van der Waals surface area contributed by atoms with Gasteiger partial charge in [-0.15, -0.1) is 0 Å². The molecule has 1 heterocycles. The van der Waals surface area contributed by atoms with E-state index in [0.29, 0.717) is 6.61 Å². The first kappa shape index (κ1) is 9.98. The van der Waals surface area contributed by atoms with Crippen molar-refractivity contribution < 1.29 is 14.3 Å². The number of rotatable bonds is 2. The SMILES string of the molecule is CCOC(=O)C1C(=O)N(C)NC1C. The van der Waals surface area contributed by atoms with Gasteiger partial charge >= 0.3 is 5.97 Å². The minimum Gasteiger partial charge on any atom is -0.465 e. The third-order valence-electron chi connectivity index (χ3n) is 2.03. The quantitative estimate of drug-likeness (QED) is 0.468. The lowest BCUT2D eigenvalue weighted by atomic mass is 10.0. The molecular weight excluding hydrogens is 172 g/mol. The van der Waals surface area contributed by atoms with E-state index in [2.05, 4.69) is 5.43 Å². The molecule has 0 aromatic heterocycles. The van der Waals surface area contributed by atoms with Gasteiger partial charge in [0, 0.05) is 13.1 Å². The fourth-order valence-corrected chi connectivity index (χ4v) is 1.40. The molecule has 74 valence electrons. The van der Waals surface area contributed by atoms with Crippen LogP contribution in [0.4, 0.5) is 0 Å². The number of nitrogens with zero attached hydrogens (tertiary/aromatic N) is 1. The third kappa shape index (κ3) is 1.80. The molecule has 1 amide bonds. The van der Waals surface area contributed by atoms with Gasteiger partial charge in [0.2, 0.25) is 0 Å². The van der Waals surface area contributed by atoms with E-state index in [4.69, 9.17) is 4.74 Å². The predicted molar refractivity (Wildman–Crippen MR) is 45.5 cm³/mol. The molecule has 13 heavy (non-hydrogen) atoms. The van der Waals surface area contributed by atoms with E-state index in [1.165, 1.54) is 5.01 Å². The van der Waals surface area contributed by atoms with Crippen LogP contribution in [0, 0.1) is 5.92 Å². The van der Waals surface area contributed by atoms with Crippen molar-refractivity contribution in [3.05, 3.63) is 0 Å². The molecule has 2 unspecified atom stereocenters. The van der Waals surface area contributed by atoms with Crippen molar-refractivity contribution in [2.75, 3.05) is 13.7 Å². The zero-order valence-electron chi connectivity index (χ0n) is 8.03. The number of hydrazine groups is 1. The lowest BCUT2D eigenvalue weighted by molar-refractivity contribution is -0.152. The van der Waals surface area contributed by atoms with Crippen molar-refractivity contribution in [2.45, 2.75) is 19.9 Å². The van der Waals surface area contributed by atoms with Crippen molar-refractivity contribution in [2.24, 2.45) is 5.92 Å². The summed E-state index contributed by atoms with van der Waals surface area (Å²) < 4.78 is 4.79. The number of hydrogen-bond acceptors (Lipinski definition) is 4. The monoisotopic (exact) mass is 186 g/mol. The number of carbonyl (C=O) groups excluding carboxylic acids is 2. The van der Waals surface area contributed by atoms with Crippen LogP contribution in [-0.2, 0) is 14.3 Å². The van der Waals surface area contributed by atoms with Gasteiger partial charge in [0.15, 0.2) is 5.92 Å². The van der Waals surface area contributed by atoms with Crippen LogP contribution in [0.25, 0.3) is 0 Å². The molecule has 0 saturated carbocycles. The lowest BCUT2D eigenvalue weighted by Gasteiger charge is -2.09. The van der Waals surface area contributed by atoms with Crippen LogP contribution in [0.3, 0.4) is 0 Å². The lowest BCUT2D eigenvalue weighted by Crippen LogP contribution is -2.32. The second-order valence-corrected chi connectivity index (χ2v) is 3.04. The molecule has 0 aromatic carbocycles. The van der Waals surface area contributed by atoms with E-state index in [-0.39, 0.29) is 11.9 Å². The Morgan fingerprint density at radius 3 is 2.69 bits per heavy atom. The highest BCUT2D eigenvalue weighted by Crippen LogP contribution is 2.15. The van der Waals surface area contributed by atoms with Gasteiger partial charge in [-0.1, -0.05) is 0 Å². The summed E-state index contributed by atoms with van der Waals surface area (Å²) in [4.78, 5) is 22.7. The Hall–Kier alpha value is -1.10. The smallest absolute Gasteiger partial charge is 0.320 e. The molecule has 1 aliphatic rings. The topological polar surface area (TPSA) is 58.6 Å². The van der Waals surface area contributed by atoms with Gasteiger partial charge in [0.05, 0.1) is 6.61 Å². The average molecular weight is 186 g/mol. The van der Waals surface area contributed by atoms with Crippen molar-refractivity contribution in [3.8, 4) is 0 Å². The number of hydrogen-bond donors (Lipinski definition) is 1. The van der Waals surface area contributed by atoms with Crippen molar-refractivity contribution >= 4 is 11.9 Å².